The SMILES string of the molecule is Cl.NC[C@H]1CC[C@H](C(=O)[C@H]2CC[C@](CN)(C(=O)O)CC2)CC1. The number of carboxylic acids is 1. The van der Waals surface area contributed by atoms with Crippen molar-refractivity contribution in [1.82, 2.24) is 0 Å². The largest absolute Gasteiger partial charge is 0.481 e. The van der Waals surface area contributed by atoms with Crippen LogP contribution in [0.3, 0.4) is 0 Å². The molecule has 0 amide bonds. The van der Waals surface area contributed by atoms with Crippen molar-refractivity contribution in [2.45, 2.75) is 51.4 Å². The average molecular weight is 333 g/mol. The Morgan fingerprint density at radius 2 is 1.45 bits per heavy atom. The van der Waals surface area contributed by atoms with Gasteiger partial charge in [0.1, 0.15) is 5.78 Å². The van der Waals surface area contributed by atoms with Crippen LogP contribution < -0.4 is 11.5 Å². The molecule has 0 aliphatic heterocycles. The summed E-state index contributed by atoms with van der Waals surface area (Å²) in [6.45, 7) is 0.896. The van der Waals surface area contributed by atoms with Gasteiger partial charge in [-0.25, -0.2) is 0 Å². The molecule has 128 valence electrons. The quantitative estimate of drug-likeness (QED) is 0.713. The molecule has 2 aliphatic rings. The third kappa shape index (κ3) is 4.00. The second-order valence-electron chi connectivity index (χ2n) is 6.92. The first-order chi connectivity index (χ1) is 10.0. The molecule has 0 atom stereocenters. The number of rotatable bonds is 5. The molecule has 0 bridgehead atoms. The lowest BCUT2D eigenvalue weighted by Gasteiger charge is -2.37. The Morgan fingerprint density at radius 3 is 1.86 bits per heavy atom. The van der Waals surface area contributed by atoms with Crippen LogP contribution in [0.4, 0.5) is 0 Å². The molecule has 2 saturated carbocycles. The number of Topliss-reactive ketones (excluding diaryl/α,β-unsaturated/α-hetero) is 1. The van der Waals surface area contributed by atoms with Gasteiger partial charge in [-0.1, -0.05) is 0 Å². The zero-order valence-corrected chi connectivity index (χ0v) is 13.9. The Labute approximate surface area is 138 Å². The van der Waals surface area contributed by atoms with E-state index in [1.165, 1.54) is 0 Å². The fourth-order valence-electron chi connectivity index (χ4n) is 3.98. The molecule has 0 heterocycles. The number of carbonyl (C=O) groups is 2. The number of hydrogen-bond donors (Lipinski definition) is 3. The van der Waals surface area contributed by atoms with Crippen LogP contribution in [0.25, 0.3) is 0 Å². The van der Waals surface area contributed by atoms with Crippen molar-refractivity contribution in [2.75, 3.05) is 13.1 Å². The van der Waals surface area contributed by atoms with Crippen molar-refractivity contribution < 1.29 is 14.7 Å². The maximum atomic E-state index is 12.6. The molecule has 0 saturated heterocycles. The van der Waals surface area contributed by atoms with E-state index in [-0.39, 0.29) is 30.8 Å². The van der Waals surface area contributed by atoms with Gasteiger partial charge in [0.25, 0.3) is 0 Å². The van der Waals surface area contributed by atoms with Crippen molar-refractivity contribution in [1.29, 1.82) is 0 Å². The Morgan fingerprint density at radius 1 is 0.955 bits per heavy atom. The predicted molar refractivity (Wildman–Crippen MR) is 87.8 cm³/mol. The average Bonchev–Trinajstić information content (AvgIpc) is 2.54. The van der Waals surface area contributed by atoms with Crippen LogP contribution >= 0.6 is 12.4 Å². The topological polar surface area (TPSA) is 106 Å². The number of aliphatic carboxylic acids is 1. The Balaban J connectivity index is 0.00000242. The summed E-state index contributed by atoms with van der Waals surface area (Å²) < 4.78 is 0. The van der Waals surface area contributed by atoms with E-state index in [0.29, 0.717) is 37.4 Å². The number of nitrogens with two attached hydrogens (primary N) is 2. The molecule has 2 fully saturated rings. The minimum absolute atomic E-state index is 0. The van der Waals surface area contributed by atoms with Gasteiger partial charge in [0.05, 0.1) is 5.41 Å². The van der Waals surface area contributed by atoms with E-state index < -0.39 is 11.4 Å². The van der Waals surface area contributed by atoms with Crippen LogP contribution in [0.15, 0.2) is 0 Å². The summed E-state index contributed by atoms with van der Waals surface area (Å²) in [5.74, 6) is 0.356. The molecule has 0 aromatic rings. The highest BCUT2D eigenvalue weighted by Gasteiger charge is 2.43. The lowest BCUT2D eigenvalue weighted by atomic mass is 9.67. The summed E-state index contributed by atoms with van der Waals surface area (Å²) in [5.41, 5.74) is 10.5. The molecule has 0 aromatic carbocycles. The van der Waals surface area contributed by atoms with Gasteiger partial charge in [-0.2, -0.15) is 0 Å². The summed E-state index contributed by atoms with van der Waals surface area (Å²) in [4.78, 5) is 24.0. The van der Waals surface area contributed by atoms with E-state index in [0.717, 1.165) is 32.2 Å². The summed E-state index contributed by atoms with van der Waals surface area (Å²) in [6.07, 6.45) is 6.46. The molecule has 0 aromatic heterocycles. The molecule has 0 radical (unpaired) electrons. The van der Waals surface area contributed by atoms with Crippen molar-refractivity contribution in [3.8, 4) is 0 Å². The molecule has 22 heavy (non-hydrogen) atoms. The maximum Gasteiger partial charge on any atom is 0.310 e. The van der Waals surface area contributed by atoms with Crippen LogP contribution in [0.5, 0.6) is 0 Å². The molecule has 2 rings (SSSR count). The van der Waals surface area contributed by atoms with Gasteiger partial charge in [-0.3, -0.25) is 9.59 Å². The van der Waals surface area contributed by atoms with Crippen LogP contribution in [-0.2, 0) is 9.59 Å². The third-order valence-corrected chi connectivity index (χ3v) is 5.77. The Bertz CT molecular complexity index is 387. The predicted octanol–water partition coefficient (Wildman–Crippen LogP) is 1.96. The van der Waals surface area contributed by atoms with Crippen LogP contribution in [0.2, 0.25) is 0 Å². The lowest BCUT2D eigenvalue weighted by molar-refractivity contribution is -0.152. The number of halogens is 1. The summed E-state index contributed by atoms with van der Waals surface area (Å²) in [7, 11) is 0. The van der Waals surface area contributed by atoms with Crippen LogP contribution in [0.1, 0.15) is 51.4 Å². The first-order valence-electron chi connectivity index (χ1n) is 8.19. The molecular weight excluding hydrogens is 304 g/mol. The monoisotopic (exact) mass is 332 g/mol. The number of hydrogen-bond acceptors (Lipinski definition) is 4. The van der Waals surface area contributed by atoms with E-state index in [1.807, 2.05) is 0 Å². The van der Waals surface area contributed by atoms with E-state index in [2.05, 4.69) is 0 Å². The highest BCUT2D eigenvalue weighted by Crippen LogP contribution is 2.41. The Kier molecular flexibility index (Phi) is 7.29. The number of carbonyl (C=O) groups excluding carboxylic acids is 1. The fraction of sp³-hybridized carbons (Fsp3) is 0.875. The summed E-state index contributed by atoms with van der Waals surface area (Å²) >= 11 is 0. The van der Waals surface area contributed by atoms with E-state index >= 15 is 0 Å². The molecular formula is C16H29ClN2O3. The smallest absolute Gasteiger partial charge is 0.310 e. The standard InChI is InChI=1S/C16H28N2O3.ClH/c17-9-11-1-3-12(4-2-11)14(19)13-5-7-16(10-18,8-6-13)15(20)21;/h11-13H,1-10,17-18H2,(H,20,21);1H/t11-,12-,13-,16-;. The van der Waals surface area contributed by atoms with Gasteiger partial charge in [0.15, 0.2) is 0 Å². The molecule has 5 N–H and O–H groups in total. The van der Waals surface area contributed by atoms with Crippen LogP contribution in [0, 0.1) is 23.2 Å². The van der Waals surface area contributed by atoms with Crippen molar-refractivity contribution in [3.05, 3.63) is 0 Å². The molecule has 0 unspecified atom stereocenters. The van der Waals surface area contributed by atoms with Gasteiger partial charge in [-0.05, 0) is 63.8 Å². The van der Waals surface area contributed by atoms with E-state index in [1.54, 1.807) is 0 Å². The second-order valence-corrected chi connectivity index (χ2v) is 6.92. The first kappa shape index (κ1) is 19.4. The minimum atomic E-state index is -0.806. The normalized spacial score (nSPS) is 35.5. The Hall–Kier alpha value is -0.650. The van der Waals surface area contributed by atoms with Gasteiger partial charge in [-0.15, -0.1) is 12.4 Å². The highest BCUT2D eigenvalue weighted by atomic mass is 35.5. The maximum absolute atomic E-state index is 12.6. The molecule has 6 heteroatoms. The molecule has 5 nitrogen and oxygen atoms in total. The van der Waals surface area contributed by atoms with Crippen molar-refractivity contribution >= 4 is 24.2 Å². The lowest BCUT2D eigenvalue weighted by Crippen LogP contribution is -2.43. The molecule has 2 aliphatic carbocycles. The fourth-order valence-corrected chi connectivity index (χ4v) is 3.98. The number of ketones is 1. The van der Waals surface area contributed by atoms with Crippen molar-refractivity contribution in [2.24, 2.45) is 34.6 Å². The zero-order valence-electron chi connectivity index (χ0n) is 13.1. The van der Waals surface area contributed by atoms with Gasteiger partial charge >= 0.3 is 5.97 Å². The van der Waals surface area contributed by atoms with Gasteiger partial charge < -0.3 is 16.6 Å². The summed E-state index contributed by atoms with van der Waals surface area (Å²) in [5, 5.41) is 9.34. The van der Waals surface area contributed by atoms with Gasteiger partial charge in [0.2, 0.25) is 0 Å². The van der Waals surface area contributed by atoms with E-state index in [4.69, 9.17) is 11.5 Å². The highest BCUT2D eigenvalue weighted by molar-refractivity contribution is 5.85. The van der Waals surface area contributed by atoms with Crippen molar-refractivity contribution in [3.63, 3.8) is 0 Å². The van der Waals surface area contributed by atoms with Crippen LogP contribution in [-0.4, -0.2) is 29.9 Å². The summed E-state index contributed by atoms with van der Waals surface area (Å²) in [6, 6.07) is 0. The zero-order chi connectivity index (χ0) is 15.5. The second kappa shape index (κ2) is 8.27. The number of carboxylic acid groups (broad SMARTS) is 1. The molecule has 0 spiro atoms. The first-order valence-corrected chi connectivity index (χ1v) is 8.19. The third-order valence-electron chi connectivity index (χ3n) is 5.77. The van der Waals surface area contributed by atoms with E-state index in [9.17, 15) is 14.7 Å². The minimum Gasteiger partial charge on any atom is -0.481 e. The van der Waals surface area contributed by atoms with Gasteiger partial charge in [0, 0.05) is 18.4 Å².